The Kier molecular flexibility index (Phi) is 6.55. The Morgan fingerprint density at radius 3 is 2.41 bits per heavy atom. The van der Waals surface area contributed by atoms with Gasteiger partial charge in [0.2, 0.25) is 5.88 Å². The molecule has 0 aliphatic rings. The lowest BCUT2D eigenvalue weighted by Gasteiger charge is -2.22. The number of nitrogens with one attached hydrogen (secondary N) is 1. The van der Waals surface area contributed by atoms with Gasteiger partial charge >= 0.3 is 6.03 Å². The zero-order chi connectivity index (χ0) is 22.3. The van der Waals surface area contributed by atoms with Gasteiger partial charge in [-0.15, -0.1) is 0 Å². The molecule has 0 bridgehead atoms. The van der Waals surface area contributed by atoms with Crippen molar-refractivity contribution < 1.29 is 13.9 Å². The summed E-state index contributed by atoms with van der Waals surface area (Å²) in [4.78, 5) is 14.5. The van der Waals surface area contributed by atoms with Crippen molar-refractivity contribution in [2.24, 2.45) is 0 Å². The number of carbonyl (C=O) groups excluding carboxylic acids is 1. The lowest BCUT2D eigenvalue weighted by molar-refractivity contribution is 0.187. The molecule has 0 saturated carbocycles. The number of carbonyl (C=O) groups is 1. The van der Waals surface area contributed by atoms with E-state index in [1.807, 2.05) is 86.6 Å². The van der Waals surface area contributed by atoms with Crippen LogP contribution in [0.2, 0.25) is 0 Å². The van der Waals surface area contributed by atoms with E-state index in [9.17, 15) is 4.79 Å². The van der Waals surface area contributed by atoms with Crippen molar-refractivity contribution in [2.75, 3.05) is 6.54 Å². The Hall–Kier alpha value is -4.00. The standard InChI is InChI=1S/C25H26N4O3/c1-3-26-25(30)28(17-22-15-10-16-31-22)18-23-19(2)27-29(20-11-6-4-7-12-20)24(23)32-21-13-8-5-9-14-21/h4-16H,3,17-18H2,1-2H3,(H,26,30). The number of amides is 2. The van der Waals surface area contributed by atoms with E-state index < -0.39 is 0 Å². The van der Waals surface area contributed by atoms with Crippen LogP contribution in [-0.2, 0) is 13.1 Å². The molecule has 32 heavy (non-hydrogen) atoms. The third-order valence-electron chi connectivity index (χ3n) is 4.99. The van der Waals surface area contributed by atoms with Gasteiger partial charge in [0.05, 0.1) is 36.3 Å². The third-order valence-corrected chi connectivity index (χ3v) is 4.99. The van der Waals surface area contributed by atoms with Crippen LogP contribution in [-0.4, -0.2) is 27.3 Å². The van der Waals surface area contributed by atoms with Crippen LogP contribution >= 0.6 is 0 Å². The average Bonchev–Trinajstić information content (AvgIpc) is 3.43. The summed E-state index contributed by atoms with van der Waals surface area (Å²) in [6.45, 7) is 5.00. The summed E-state index contributed by atoms with van der Waals surface area (Å²) < 4.78 is 13.6. The predicted octanol–water partition coefficient (Wildman–Crippen LogP) is 5.30. The smallest absolute Gasteiger partial charge is 0.318 e. The second-order valence-electron chi connectivity index (χ2n) is 7.30. The van der Waals surface area contributed by atoms with E-state index in [4.69, 9.17) is 14.3 Å². The van der Waals surface area contributed by atoms with Crippen molar-refractivity contribution >= 4 is 6.03 Å². The van der Waals surface area contributed by atoms with Gasteiger partial charge in [0.25, 0.3) is 0 Å². The monoisotopic (exact) mass is 430 g/mol. The van der Waals surface area contributed by atoms with E-state index in [1.165, 1.54) is 0 Å². The fourth-order valence-electron chi connectivity index (χ4n) is 3.41. The van der Waals surface area contributed by atoms with Gasteiger partial charge in [-0.2, -0.15) is 5.10 Å². The number of ether oxygens (including phenoxy) is 1. The van der Waals surface area contributed by atoms with Crippen molar-refractivity contribution in [1.82, 2.24) is 20.0 Å². The van der Waals surface area contributed by atoms with Crippen molar-refractivity contribution in [2.45, 2.75) is 26.9 Å². The Morgan fingerprint density at radius 1 is 1.03 bits per heavy atom. The van der Waals surface area contributed by atoms with Crippen LogP contribution in [0.1, 0.15) is 23.9 Å². The number of benzene rings is 2. The second kappa shape index (κ2) is 9.87. The molecule has 2 heterocycles. The number of nitrogens with zero attached hydrogens (tertiary/aromatic N) is 3. The van der Waals surface area contributed by atoms with E-state index >= 15 is 0 Å². The Morgan fingerprint density at radius 2 is 1.75 bits per heavy atom. The quantitative estimate of drug-likeness (QED) is 0.412. The first-order valence-electron chi connectivity index (χ1n) is 10.6. The zero-order valence-electron chi connectivity index (χ0n) is 18.2. The van der Waals surface area contributed by atoms with Gasteiger partial charge < -0.3 is 19.4 Å². The molecule has 0 radical (unpaired) electrons. The van der Waals surface area contributed by atoms with Gasteiger partial charge in [-0.1, -0.05) is 36.4 Å². The summed E-state index contributed by atoms with van der Waals surface area (Å²) in [6, 6.07) is 22.9. The summed E-state index contributed by atoms with van der Waals surface area (Å²) in [6.07, 6.45) is 1.61. The maximum Gasteiger partial charge on any atom is 0.318 e. The molecule has 0 fully saturated rings. The number of para-hydroxylation sites is 2. The number of urea groups is 1. The third kappa shape index (κ3) is 4.83. The number of furan rings is 1. The molecule has 0 saturated heterocycles. The van der Waals surface area contributed by atoms with Crippen molar-refractivity contribution in [1.29, 1.82) is 0 Å². The molecule has 2 aromatic heterocycles. The van der Waals surface area contributed by atoms with Gasteiger partial charge in [0, 0.05) is 6.54 Å². The molecule has 1 N–H and O–H groups in total. The van der Waals surface area contributed by atoms with Crippen LogP contribution in [0.15, 0.2) is 83.5 Å². The Bertz CT molecular complexity index is 1140. The highest BCUT2D eigenvalue weighted by Crippen LogP contribution is 2.32. The molecule has 4 aromatic rings. The first-order valence-corrected chi connectivity index (χ1v) is 10.6. The molecule has 7 heteroatoms. The Labute approximate surface area is 187 Å². The summed E-state index contributed by atoms with van der Waals surface area (Å²) >= 11 is 0. The van der Waals surface area contributed by atoms with Crippen molar-refractivity contribution in [3.05, 3.63) is 96.1 Å². The lowest BCUT2D eigenvalue weighted by atomic mass is 10.2. The van der Waals surface area contributed by atoms with E-state index in [0.717, 1.165) is 16.9 Å². The van der Waals surface area contributed by atoms with Gasteiger partial charge in [0.1, 0.15) is 11.5 Å². The number of rotatable bonds is 8. The summed E-state index contributed by atoms with van der Waals surface area (Å²) in [5.41, 5.74) is 2.49. The molecule has 0 unspecified atom stereocenters. The van der Waals surface area contributed by atoms with Crippen LogP contribution in [0.3, 0.4) is 0 Å². The molecule has 4 rings (SSSR count). The molecule has 164 valence electrons. The molecule has 0 aliphatic heterocycles. The van der Waals surface area contributed by atoms with Crippen molar-refractivity contribution in [3.63, 3.8) is 0 Å². The van der Waals surface area contributed by atoms with E-state index in [-0.39, 0.29) is 6.03 Å². The molecular formula is C25H26N4O3. The first-order chi connectivity index (χ1) is 15.7. The minimum absolute atomic E-state index is 0.179. The highest BCUT2D eigenvalue weighted by molar-refractivity contribution is 5.74. The highest BCUT2D eigenvalue weighted by atomic mass is 16.5. The van der Waals surface area contributed by atoms with Crippen LogP contribution in [0.4, 0.5) is 4.79 Å². The predicted molar refractivity (Wildman–Crippen MR) is 122 cm³/mol. The summed E-state index contributed by atoms with van der Waals surface area (Å²) in [5.74, 6) is 1.98. The Balaban J connectivity index is 1.74. The van der Waals surface area contributed by atoms with Gasteiger partial charge in [-0.05, 0) is 50.2 Å². The van der Waals surface area contributed by atoms with Crippen LogP contribution in [0, 0.1) is 6.92 Å². The van der Waals surface area contributed by atoms with Gasteiger partial charge in [-0.3, -0.25) is 0 Å². The molecule has 2 amide bonds. The van der Waals surface area contributed by atoms with Crippen LogP contribution < -0.4 is 10.1 Å². The van der Waals surface area contributed by atoms with Gasteiger partial charge in [-0.25, -0.2) is 9.48 Å². The SMILES string of the molecule is CCNC(=O)N(Cc1ccco1)Cc1c(C)nn(-c2ccccc2)c1Oc1ccccc1. The maximum atomic E-state index is 12.8. The minimum Gasteiger partial charge on any atom is -0.467 e. The largest absolute Gasteiger partial charge is 0.467 e. The molecule has 0 aliphatic carbocycles. The fourth-order valence-corrected chi connectivity index (χ4v) is 3.41. The number of hydrogen-bond donors (Lipinski definition) is 1. The highest BCUT2D eigenvalue weighted by Gasteiger charge is 2.24. The molecule has 0 spiro atoms. The van der Waals surface area contributed by atoms with Gasteiger partial charge in [0.15, 0.2) is 0 Å². The van der Waals surface area contributed by atoms with E-state index in [0.29, 0.717) is 37.0 Å². The summed E-state index contributed by atoms with van der Waals surface area (Å²) in [7, 11) is 0. The maximum absolute atomic E-state index is 12.8. The van der Waals surface area contributed by atoms with Crippen molar-refractivity contribution in [3.8, 4) is 17.3 Å². The zero-order valence-corrected chi connectivity index (χ0v) is 18.2. The summed E-state index contributed by atoms with van der Waals surface area (Å²) in [5, 5.41) is 7.62. The lowest BCUT2D eigenvalue weighted by Crippen LogP contribution is -2.39. The number of hydrogen-bond acceptors (Lipinski definition) is 4. The second-order valence-corrected chi connectivity index (χ2v) is 7.30. The van der Waals surface area contributed by atoms with Crippen LogP contribution in [0.5, 0.6) is 11.6 Å². The molecule has 2 aromatic carbocycles. The first kappa shape index (κ1) is 21.2. The molecule has 0 atom stereocenters. The molecule has 7 nitrogen and oxygen atoms in total. The number of aromatic nitrogens is 2. The minimum atomic E-state index is -0.179. The van der Waals surface area contributed by atoms with E-state index in [1.54, 1.807) is 15.8 Å². The topological polar surface area (TPSA) is 72.5 Å². The fraction of sp³-hybridized carbons (Fsp3) is 0.200. The van der Waals surface area contributed by atoms with Crippen LogP contribution in [0.25, 0.3) is 5.69 Å². The number of aryl methyl sites for hydroxylation is 1. The molecular weight excluding hydrogens is 404 g/mol. The van der Waals surface area contributed by atoms with E-state index in [2.05, 4.69) is 5.32 Å². The average molecular weight is 431 g/mol. The normalized spacial score (nSPS) is 10.7.